The molecule has 11 heteroatoms. The van der Waals surface area contributed by atoms with E-state index in [9.17, 15) is 4.79 Å². The van der Waals surface area contributed by atoms with Crippen LogP contribution in [0.4, 0.5) is 4.79 Å². The highest BCUT2D eigenvalue weighted by molar-refractivity contribution is 14.0. The first-order valence-electron chi connectivity index (χ1n) is 10.6. The first-order valence-corrected chi connectivity index (χ1v) is 11.5. The molecule has 1 aliphatic heterocycles. The van der Waals surface area contributed by atoms with Crippen LogP contribution in [0, 0.1) is 6.92 Å². The number of hydrogen-bond acceptors (Lipinski definition) is 6. The largest absolute Gasteiger partial charge is 0.444 e. The Hall–Kier alpha value is -1.89. The Labute approximate surface area is 211 Å². The van der Waals surface area contributed by atoms with Crippen molar-refractivity contribution in [1.29, 1.82) is 0 Å². The molecule has 1 saturated heterocycles. The van der Waals surface area contributed by atoms with Gasteiger partial charge in [0.25, 0.3) is 0 Å². The van der Waals surface area contributed by atoms with E-state index in [-0.39, 0.29) is 36.1 Å². The normalized spacial score (nSPS) is 16.6. The third-order valence-electron chi connectivity index (χ3n) is 5.00. The number of thiophene rings is 1. The highest BCUT2D eigenvalue weighted by atomic mass is 127. The Kier molecular flexibility index (Phi) is 9.74. The highest BCUT2D eigenvalue weighted by Gasteiger charge is 2.28. The fourth-order valence-electron chi connectivity index (χ4n) is 3.30. The summed E-state index contributed by atoms with van der Waals surface area (Å²) >= 11 is 1.76. The van der Waals surface area contributed by atoms with E-state index in [0.717, 1.165) is 43.5 Å². The average molecular weight is 576 g/mol. The quantitative estimate of drug-likeness (QED) is 0.312. The van der Waals surface area contributed by atoms with E-state index >= 15 is 0 Å². The summed E-state index contributed by atoms with van der Waals surface area (Å²) in [7, 11) is 1.95. The zero-order valence-electron chi connectivity index (χ0n) is 19.4. The van der Waals surface area contributed by atoms with Crippen molar-refractivity contribution in [2.75, 3.05) is 19.6 Å². The molecule has 1 atom stereocenters. The predicted octanol–water partition coefficient (Wildman–Crippen LogP) is 3.09. The number of aryl methyl sites for hydroxylation is 1. The van der Waals surface area contributed by atoms with Gasteiger partial charge in [-0.15, -0.1) is 45.5 Å². The molecule has 0 bridgehead atoms. The summed E-state index contributed by atoms with van der Waals surface area (Å²) in [6.07, 6.45) is 1.40. The standard InChI is InChI=1S/C21H33N7O2S.HI/c1-15-25-26-18(27(15)5)13-23-19(22-10-8-17-7-6-12-31-17)28-11-9-16(14-28)24-20(29)30-21(2,3)4;/h6-7,12,16H,8-11,13-14H2,1-5H3,(H,22,23)(H,24,29);1H. The molecular formula is C21H34IN7O2S. The topological polar surface area (TPSA) is 96.7 Å². The molecule has 2 aromatic heterocycles. The summed E-state index contributed by atoms with van der Waals surface area (Å²) in [5, 5.41) is 16.9. The average Bonchev–Trinajstić information content (AvgIpc) is 3.41. The van der Waals surface area contributed by atoms with E-state index in [4.69, 9.17) is 9.73 Å². The van der Waals surface area contributed by atoms with Crippen LogP contribution in [0.2, 0.25) is 0 Å². The maximum atomic E-state index is 12.1. The van der Waals surface area contributed by atoms with Gasteiger partial charge in [-0.25, -0.2) is 9.79 Å². The van der Waals surface area contributed by atoms with E-state index in [1.165, 1.54) is 4.88 Å². The number of alkyl carbamates (subject to hydrolysis) is 1. The second-order valence-corrected chi connectivity index (χ2v) is 9.73. The Bertz CT molecular complexity index is 893. The number of likely N-dealkylation sites (tertiary alicyclic amines) is 1. The maximum Gasteiger partial charge on any atom is 0.407 e. The van der Waals surface area contributed by atoms with Crippen LogP contribution >= 0.6 is 35.3 Å². The van der Waals surface area contributed by atoms with Gasteiger partial charge in [0, 0.05) is 31.6 Å². The zero-order valence-corrected chi connectivity index (χ0v) is 22.6. The lowest BCUT2D eigenvalue weighted by molar-refractivity contribution is 0.0507. The van der Waals surface area contributed by atoms with Crippen LogP contribution in [0.15, 0.2) is 22.5 Å². The van der Waals surface area contributed by atoms with E-state index in [1.807, 2.05) is 39.3 Å². The summed E-state index contributed by atoms with van der Waals surface area (Å²) in [6, 6.07) is 4.23. The summed E-state index contributed by atoms with van der Waals surface area (Å²) in [5.41, 5.74) is -0.507. The lowest BCUT2D eigenvalue weighted by Gasteiger charge is -2.23. The number of guanidine groups is 1. The van der Waals surface area contributed by atoms with Crippen LogP contribution in [0.5, 0.6) is 0 Å². The van der Waals surface area contributed by atoms with Crippen molar-refractivity contribution >= 4 is 47.4 Å². The van der Waals surface area contributed by atoms with Gasteiger partial charge in [0.1, 0.15) is 18.0 Å². The van der Waals surface area contributed by atoms with Crippen molar-refractivity contribution in [1.82, 2.24) is 30.3 Å². The number of carbonyl (C=O) groups is 1. The number of nitrogens with one attached hydrogen (secondary N) is 2. The molecule has 0 saturated carbocycles. The van der Waals surface area contributed by atoms with Gasteiger partial charge in [-0.3, -0.25) is 0 Å². The number of amides is 1. The molecule has 9 nitrogen and oxygen atoms in total. The second-order valence-electron chi connectivity index (χ2n) is 8.70. The van der Waals surface area contributed by atoms with Crippen LogP contribution in [-0.2, 0) is 24.8 Å². The smallest absolute Gasteiger partial charge is 0.407 e. The van der Waals surface area contributed by atoms with Gasteiger partial charge < -0.3 is 24.8 Å². The molecule has 0 radical (unpaired) electrons. The third-order valence-corrected chi connectivity index (χ3v) is 5.93. The molecule has 2 N–H and O–H groups in total. The summed E-state index contributed by atoms with van der Waals surface area (Å²) < 4.78 is 7.34. The second kappa shape index (κ2) is 11.8. The number of nitrogens with zero attached hydrogens (tertiary/aromatic N) is 5. The number of ether oxygens (including phenoxy) is 1. The van der Waals surface area contributed by atoms with Crippen LogP contribution < -0.4 is 10.6 Å². The van der Waals surface area contributed by atoms with Gasteiger partial charge in [0.05, 0.1) is 6.04 Å². The third kappa shape index (κ3) is 7.91. The predicted molar refractivity (Wildman–Crippen MR) is 138 cm³/mol. The zero-order chi connectivity index (χ0) is 22.4. The minimum absolute atomic E-state index is 0. The fraction of sp³-hybridized carbons (Fsp3) is 0.619. The Morgan fingerprint density at radius 1 is 1.38 bits per heavy atom. The Morgan fingerprint density at radius 2 is 2.16 bits per heavy atom. The van der Waals surface area contributed by atoms with Gasteiger partial charge in [0.2, 0.25) is 0 Å². The van der Waals surface area contributed by atoms with Gasteiger partial charge >= 0.3 is 6.09 Å². The van der Waals surface area contributed by atoms with Gasteiger partial charge in [-0.2, -0.15) is 0 Å². The maximum absolute atomic E-state index is 12.1. The summed E-state index contributed by atoms with van der Waals surface area (Å²) in [6.45, 7) is 10.2. The molecule has 0 aliphatic carbocycles. The van der Waals surface area contributed by atoms with Crippen molar-refractivity contribution < 1.29 is 9.53 Å². The number of aromatic nitrogens is 3. The molecule has 3 heterocycles. The van der Waals surface area contributed by atoms with Crippen LogP contribution in [-0.4, -0.2) is 63.0 Å². The van der Waals surface area contributed by atoms with E-state index in [0.29, 0.717) is 13.1 Å². The molecule has 1 unspecified atom stereocenters. The van der Waals surface area contributed by atoms with Crippen molar-refractivity contribution in [2.45, 2.75) is 58.7 Å². The molecule has 1 amide bonds. The van der Waals surface area contributed by atoms with Gasteiger partial charge in [0.15, 0.2) is 11.8 Å². The van der Waals surface area contributed by atoms with Gasteiger partial charge in [-0.05, 0) is 52.0 Å². The fourth-order valence-corrected chi connectivity index (χ4v) is 4.01. The molecular weight excluding hydrogens is 541 g/mol. The molecule has 1 fully saturated rings. The van der Waals surface area contributed by atoms with Crippen molar-refractivity contribution in [3.05, 3.63) is 34.0 Å². The van der Waals surface area contributed by atoms with Gasteiger partial charge in [-0.1, -0.05) is 6.07 Å². The molecule has 178 valence electrons. The minimum atomic E-state index is -0.507. The van der Waals surface area contributed by atoms with Crippen molar-refractivity contribution in [3.63, 3.8) is 0 Å². The molecule has 0 aromatic carbocycles. The van der Waals surface area contributed by atoms with E-state index < -0.39 is 5.60 Å². The van der Waals surface area contributed by atoms with Crippen molar-refractivity contribution in [2.24, 2.45) is 12.0 Å². The first kappa shape index (κ1) is 26.4. The van der Waals surface area contributed by atoms with Crippen LogP contribution in [0.1, 0.15) is 43.7 Å². The Morgan fingerprint density at radius 3 is 2.78 bits per heavy atom. The van der Waals surface area contributed by atoms with E-state index in [1.54, 1.807) is 11.3 Å². The molecule has 1 aliphatic rings. The monoisotopic (exact) mass is 575 g/mol. The van der Waals surface area contributed by atoms with Crippen LogP contribution in [0.3, 0.4) is 0 Å². The first-order chi connectivity index (χ1) is 14.7. The SMILES string of the molecule is Cc1nnc(CN=C(NCCc2cccs2)N2CCC(NC(=O)OC(C)(C)C)C2)n1C.I. The lowest BCUT2D eigenvalue weighted by atomic mass is 10.2. The van der Waals surface area contributed by atoms with Crippen LogP contribution in [0.25, 0.3) is 0 Å². The molecule has 2 aromatic rings. The van der Waals surface area contributed by atoms with Crippen molar-refractivity contribution in [3.8, 4) is 0 Å². The molecule has 32 heavy (non-hydrogen) atoms. The summed E-state index contributed by atoms with van der Waals surface area (Å²) in [5.74, 6) is 2.50. The number of carbonyl (C=O) groups excluding carboxylic acids is 1. The molecule has 3 rings (SSSR count). The number of aliphatic imine (C=N–C) groups is 1. The number of hydrogen-bond donors (Lipinski definition) is 2. The highest BCUT2D eigenvalue weighted by Crippen LogP contribution is 2.13. The number of rotatable bonds is 6. The summed E-state index contributed by atoms with van der Waals surface area (Å²) in [4.78, 5) is 20.5. The Balaban J connectivity index is 0.00000363. The molecule has 0 spiro atoms. The lowest BCUT2D eigenvalue weighted by Crippen LogP contribution is -2.44. The minimum Gasteiger partial charge on any atom is -0.444 e. The number of halogens is 1. The van der Waals surface area contributed by atoms with E-state index in [2.05, 4.69) is 43.2 Å².